The fourth-order valence-corrected chi connectivity index (χ4v) is 4.16. The number of nitrogens with zero attached hydrogens (tertiary/aromatic N) is 1. The Morgan fingerprint density at radius 1 is 1.21 bits per heavy atom. The Hall–Kier alpha value is -2.45. The van der Waals surface area contributed by atoms with E-state index in [0.29, 0.717) is 36.7 Å². The van der Waals surface area contributed by atoms with Gasteiger partial charge in [-0.1, -0.05) is 6.07 Å². The van der Waals surface area contributed by atoms with Crippen molar-refractivity contribution in [3.05, 3.63) is 34.9 Å². The van der Waals surface area contributed by atoms with Gasteiger partial charge in [0.2, 0.25) is 11.8 Å². The Kier molecular flexibility index (Phi) is 6.54. The van der Waals surface area contributed by atoms with E-state index in [4.69, 9.17) is 0 Å². The van der Waals surface area contributed by atoms with Crippen molar-refractivity contribution in [2.24, 2.45) is 0 Å². The third-order valence-electron chi connectivity index (χ3n) is 5.73. The van der Waals surface area contributed by atoms with Crippen LogP contribution in [0, 0.1) is 0 Å². The van der Waals surface area contributed by atoms with Crippen molar-refractivity contribution in [1.29, 1.82) is 0 Å². The first kappa shape index (κ1) is 21.3. The van der Waals surface area contributed by atoms with Crippen LogP contribution >= 0.6 is 12.4 Å². The largest absolute Gasteiger partial charge is 0.352 e. The molecule has 3 aliphatic heterocycles. The summed E-state index contributed by atoms with van der Waals surface area (Å²) in [4.78, 5) is 50.2. The molecule has 156 valence electrons. The van der Waals surface area contributed by atoms with Crippen molar-refractivity contribution in [1.82, 2.24) is 20.9 Å². The lowest BCUT2D eigenvalue weighted by Gasteiger charge is -2.29. The number of halogens is 1. The Bertz CT molecular complexity index is 838. The second kappa shape index (κ2) is 8.92. The summed E-state index contributed by atoms with van der Waals surface area (Å²) in [5.74, 6) is -1.21. The van der Waals surface area contributed by atoms with E-state index in [1.54, 1.807) is 18.2 Å². The first-order chi connectivity index (χ1) is 13.5. The average Bonchev–Trinajstić information content (AvgIpc) is 3.30. The number of fused-ring (bicyclic) bond motifs is 1. The molecule has 2 atom stereocenters. The first-order valence-electron chi connectivity index (χ1n) is 9.82. The van der Waals surface area contributed by atoms with Crippen molar-refractivity contribution in [3.63, 3.8) is 0 Å². The van der Waals surface area contributed by atoms with Crippen LogP contribution in [0.4, 0.5) is 0 Å². The van der Waals surface area contributed by atoms with Crippen LogP contribution in [0.15, 0.2) is 18.2 Å². The SMILES string of the molecule is Cl.O=C1CCC(N2Cc3ccc(C(=O)NCC[C@H]4CCCN4)cc3C2=O)C(=O)N1. The highest BCUT2D eigenvalue weighted by Crippen LogP contribution is 2.28. The number of benzene rings is 1. The van der Waals surface area contributed by atoms with Crippen molar-refractivity contribution >= 4 is 36.0 Å². The van der Waals surface area contributed by atoms with Gasteiger partial charge in [-0.25, -0.2) is 0 Å². The first-order valence-corrected chi connectivity index (χ1v) is 9.82. The third kappa shape index (κ3) is 4.43. The van der Waals surface area contributed by atoms with Gasteiger partial charge in [-0.3, -0.25) is 24.5 Å². The van der Waals surface area contributed by atoms with Crippen molar-refractivity contribution in [2.45, 2.75) is 50.7 Å². The zero-order valence-electron chi connectivity index (χ0n) is 16.0. The predicted octanol–water partition coefficient (Wildman–Crippen LogP) is 0.741. The van der Waals surface area contributed by atoms with Crippen molar-refractivity contribution < 1.29 is 19.2 Å². The molecular formula is C20H25ClN4O4. The van der Waals surface area contributed by atoms with Gasteiger partial charge in [-0.2, -0.15) is 0 Å². The van der Waals surface area contributed by atoms with Gasteiger partial charge in [0, 0.05) is 36.7 Å². The van der Waals surface area contributed by atoms with Crippen LogP contribution in [0.5, 0.6) is 0 Å². The number of hydrogen-bond donors (Lipinski definition) is 3. The lowest BCUT2D eigenvalue weighted by molar-refractivity contribution is -0.136. The highest BCUT2D eigenvalue weighted by Gasteiger charge is 2.39. The molecule has 0 aliphatic carbocycles. The van der Waals surface area contributed by atoms with Gasteiger partial charge < -0.3 is 15.5 Å². The van der Waals surface area contributed by atoms with Gasteiger partial charge in [-0.05, 0) is 49.9 Å². The number of carbonyl (C=O) groups excluding carboxylic acids is 4. The summed E-state index contributed by atoms with van der Waals surface area (Å²) in [7, 11) is 0. The Balaban J connectivity index is 0.00000240. The number of imide groups is 1. The molecule has 3 N–H and O–H groups in total. The smallest absolute Gasteiger partial charge is 0.255 e. The summed E-state index contributed by atoms with van der Waals surface area (Å²) in [6.07, 6.45) is 3.75. The van der Waals surface area contributed by atoms with Crippen LogP contribution in [0.2, 0.25) is 0 Å². The van der Waals surface area contributed by atoms with Crippen LogP contribution in [-0.4, -0.2) is 53.7 Å². The molecule has 0 saturated carbocycles. The fourth-order valence-electron chi connectivity index (χ4n) is 4.16. The molecule has 1 aromatic rings. The molecule has 3 aliphatic rings. The monoisotopic (exact) mass is 420 g/mol. The second-order valence-corrected chi connectivity index (χ2v) is 7.61. The number of nitrogens with one attached hydrogen (secondary N) is 3. The minimum Gasteiger partial charge on any atom is -0.352 e. The molecule has 1 aromatic carbocycles. The van der Waals surface area contributed by atoms with Gasteiger partial charge in [0.05, 0.1) is 0 Å². The zero-order chi connectivity index (χ0) is 19.7. The van der Waals surface area contributed by atoms with Crippen LogP contribution in [0.25, 0.3) is 0 Å². The Labute approximate surface area is 175 Å². The summed E-state index contributed by atoms with van der Waals surface area (Å²) in [5.41, 5.74) is 1.69. The summed E-state index contributed by atoms with van der Waals surface area (Å²) in [5, 5.41) is 8.60. The topological polar surface area (TPSA) is 108 Å². The van der Waals surface area contributed by atoms with E-state index >= 15 is 0 Å². The highest BCUT2D eigenvalue weighted by molar-refractivity contribution is 6.06. The van der Waals surface area contributed by atoms with E-state index in [2.05, 4.69) is 16.0 Å². The molecule has 0 spiro atoms. The van der Waals surface area contributed by atoms with Crippen molar-refractivity contribution in [3.8, 4) is 0 Å². The third-order valence-corrected chi connectivity index (χ3v) is 5.73. The second-order valence-electron chi connectivity index (χ2n) is 7.61. The van der Waals surface area contributed by atoms with Crippen LogP contribution in [-0.2, 0) is 16.1 Å². The van der Waals surface area contributed by atoms with Gasteiger partial charge in [-0.15, -0.1) is 12.4 Å². The van der Waals surface area contributed by atoms with Crippen LogP contribution in [0.1, 0.15) is 58.4 Å². The molecule has 9 heteroatoms. The number of amides is 4. The molecule has 0 radical (unpaired) electrons. The quantitative estimate of drug-likeness (QED) is 0.609. The minimum absolute atomic E-state index is 0. The number of carbonyl (C=O) groups is 4. The van der Waals surface area contributed by atoms with Crippen LogP contribution in [0.3, 0.4) is 0 Å². The van der Waals surface area contributed by atoms with Gasteiger partial charge in [0.1, 0.15) is 6.04 Å². The van der Waals surface area contributed by atoms with E-state index in [1.165, 1.54) is 11.3 Å². The lowest BCUT2D eigenvalue weighted by atomic mass is 10.0. The fraction of sp³-hybridized carbons (Fsp3) is 0.500. The van der Waals surface area contributed by atoms with Crippen molar-refractivity contribution in [2.75, 3.05) is 13.1 Å². The maximum atomic E-state index is 12.8. The van der Waals surface area contributed by atoms with E-state index in [-0.39, 0.29) is 36.5 Å². The molecule has 1 unspecified atom stereocenters. The van der Waals surface area contributed by atoms with Crippen LogP contribution < -0.4 is 16.0 Å². The van der Waals surface area contributed by atoms with E-state index in [0.717, 1.165) is 24.9 Å². The molecule has 0 bridgehead atoms. The molecule has 29 heavy (non-hydrogen) atoms. The summed E-state index contributed by atoms with van der Waals surface area (Å²) in [6, 6.07) is 4.90. The predicted molar refractivity (Wildman–Crippen MR) is 108 cm³/mol. The van der Waals surface area contributed by atoms with E-state index in [1.807, 2.05) is 0 Å². The lowest BCUT2D eigenvalue weighted by Crippen LogP contribution is -2.52. The molecular weight excluding hydrogens is 396 g/mol. The summed E-state index contributed by atoms with van der Waals surface area (Å²) >= 11 is 0. The van der Waals surface area contributed by atoms with E-state index < -0.39 is 11.9 Å². The number of hydrogen-bond acceptors (Lipinski definition) is 5. The maximum Gasteiger partial charge on any atom is 0.255 e. The maximum absolute atomic E-state index is 12.8. The highest BCUT2D eigenvalue weighted by atomic mass is 35.5. The summed E-state index contributed by atoms with van der Waals surface area (Å²) < 4.78 is 0. The molecule has 0 aromatic heterocycles. The number of rotatable bonds is 5. The zero-order valence-corrected chi connectivity index (χ0v) is 16.8. The molecule has 2 saturated heterocycles. The molecule has 8 nitrogen and oxygen atoms in total. The van der Waals surface area contributed by atoms with E-state index in [9.17, 15) is 19.2 Å². The van der Waals surface area contributed by atoms with Gasteiger partial charge in [0.25, 0.3) is 11.8 Å². The molecule has 4 rings (SSSR count). The van der Waals surface area contributed by atoms with Gasteiger partial charge in [0.15, 0.2) is 0 Å². The Morgan fingerprint density at radius 3 is 2.76 bits per heavy atom. The molecule has 4 amide bonds. The molecule has 3 heterocycles. The summed E-state index contributed by atoms with van der Waals surface area (Å²) in [6.45, 7) is 1.94. The standard InChI is InChI=1S/C20H24N4O4.ClH/c25-17-6-5-16(19(27)23-17)24-11-13-4-3-12(10-15(13)20(24)28)18(26)22-9-7-14-2-1-8-21-14;/h3-4,10,14,16,21H,1-2,5-9,11H2,(H,22,26)(H,23,25,27);1H/t14-,16?;/m1./s1. The minimum atomic E-state index is -0.645. The number of piperidine rings is 1. The normalized spacial score (nSPS) is 23.4. The average molecular weight is 421 g/mol. The van der Waals surface area contributed by atoms with Gasteiger partial charge >= 0.3 is 0 Å². The Morgan fingerprint density at radius 2 is 2.03 bits per heavy atom. The molecule has 2 fully saturated rings.